The lowest BCUT2D eigenvalue weighted by Crippen LogP contribution is -2.47. The van der Waals surface area contributed by atoms with Crippen LogP contribution >= 0.6 is 0 Å². The fraction of sp³-hybridized carbons (Fsp3) is 0.240. The van der Waals surface area contributed by atoms with E-state index in [0.29, 0.717) is 42.8 Å². The minimum Gasteiger partial charge on any atom is -0.484 e. The number of sulfonamides is 1. The number of aromatic nitrogens is 1. The number of benzene rings is 2. The number of ketones is 1. The summed E-state index contributed by atoms with van der Waals surface area (Å²) in [4.78, 5) is 28.8. The minimum atomic E-state index is -3.58. The average molecular weight is 480 g/mol. The summed E-state index contributed by atoms with van der Waals surface area (Å²) in [6.45, 7) is 0.472. The van der Waals surface area contributed by atoms with Crippen LogP contribution < -0.4 is 10.1 Å². The van der Waals surface area contributed by atoms with Crippen LogP contribution in [0.1, 0.15) is 28.8 Å². The molecule has 9 heteroatoms. The first-order valence-electron chi connectivity index (χ1n) is 11.0. The Bertz CT molecular complexity index is 1220. The number of rotatable bonds is 8. The molecule has 0 spiro atoms. The van der Waals surface area contributed by atoms with E-state index >= 15 is 0 Å². The molecule has 2 heterocycles. The molecule has 1 amide bonds. The molecule has 1 saturated heterocycles. The highest BCUT2D eigenvalue weighted by atomic mass is 32.2. The van der Waals surface area contributed by atoms with Crippen LogP contribution in [-0.2, 0) is 14.8 Å². The van der Waals surface area contributed by atoms with Gasteiger partial charge in [0.05, 0.1) is 0 Å². The average Bonchev–Trinajstić information content (AvgIpc) is 2.89. The number of ether oxygens (including phenoxy) is 1. The van der Waals surface area contributed by atoms with Crippen LogP contribution in [0.4, 0.5) is 0 Å². The Morgan fingerprint density at radius 3 is 2.26 bits per heavy atom. The monoisotopic (exact) mass is 479 g/mol. The van der Waals surface area contributed by atoms with Crippen molar-refractivity contribution in [2.75, 3.05) is 19.7 Å². The number of nitrogens with one attached hydrogen (secondary N) is 1. The third-order valence-electron chi connectivity index (χ3n) is 5.61. The van der Waals surface area contributed by atoms with Gasteiger partial charge in [-0.2, -0.15) is 4.31 Å². The molecule has 2 aromatic carbocycles. The van der Waals surface area contributed by atoms with Crippen molar-refractivity contribution < 1.29 is 22.7 Å². The summed E-state index contributed by atoms with van der Waals surface area (Å²) in [5, 5.41) is 2.90. The maximum atomic E-state index is 12.7. The van der Waals surface area contributed by atoms with Gasteiger partial charge in [0.25, 0.3) is 5.91 Å². The number of nitrogens with zero attached hydrogens (tertiary/aromatic N) is 2. The summed E-state index contributed by atoms with van der Waals surface area (Å²) in [5.74, 6) is 0.122. The first-order chi connectivity index (χ1) is 16.4. The topological polar surface area (TPSA) is 106 Å². The zero-order chi connectivity index (χ0) is 24.0. The second-order valence-electron chi connectivity index (χ2n) is 7.94. The molecule has 0 bridgehead atoms. The summed E-state index contributed by atoms with van der Waals surface area (Å²) in [7, 11) is -3.58. The summed E-state index contributed by atoms with van der Waals surface area (Å²) in [6.07, 6.45) is 3.90. The molecule has 3 aromatic rings. The van der Waals surface area contributed by atoms with Gasteiger partial charge in [0.1, 0.15) is 10.6 Å². The van der Waals surface area contributed by atoms with Crippen LogP contribution in [0.25, 0.3) is 0 Å². The Morgan fingerprint density at radius 1 is 0.941 bits per heavy atom. The van der Waals surface area contributed by atoms with E-state index in [1.165, 1.54) is 22.8 Å². The molecule has 0 unspecified atom stereocenters. The van der Waals surface area contributed by atoms with Gasteiger partial charge in [-0.3, -0.25) is 14.6 Å². The van der Waals surface area contributed by atoms with Crippen LogP contribution in [0.5, 0.6) is 5.75 Å². The number of pyridine rings is 1. The highest BCUT2D eigenvalue weighted by molar-refractivity contribution is 7.89. The lowest BCUT2D eigenvalue weighted by atomic mass is 10.0. The predicted molar refractivity (Wildman–Crippen MR) is 126 cm³/mol. The molecule has 8 nitrogen and oxygen atoms in total. The summed E-state index contributed by atoms with van der Waals surface area (Å²) < 4.78 is 32.3. The van der Waals surface area contributed by atoms with Crippen molar-refractivity contribution in [2.45, 2.75) is 23.8 Å². The van der Waals surface area contributed by atoms with E-state index in [1.54, 1.807) is 42.5 Å². The molecule has 1 N–H and O–H groups in total. The normalized spacial score (nSPS) is 14.9. The number of amides is 1. The molecule has 4 rings (SSSR count). The Balaban J connectivity index is 1.23. The van der Waals surface area contributed by atoms with E-state index in [1.807, 2.05) is 18.2 Å². The van der Waals surface area contributed by atoms with Gasteiger partial charge in [-0.25, -0.2) is 8.42 Å². The van der Waals surface area contributed by atoms with E-state index in [2.05, 4.69) is 10.3 Å². The lowest BCUT2D eigenvalue weighted by molar-refractivity contribution is -0.124. The van der Waals surface area contributed by atoms with Crippen LogP contribution in [-0.4, -0.2) is 55.1 Å². The summed E-state index contributed by atoms with van der Waals surface area (Å²) >= 11 is 0. The highest BCUT2D eigenvalue weighted by Crippen LogP contribution is 2.20. The zero-order valence-corrected chi connectivity index (χ0v) is 19.3. The van der Waals surface area contributed by atoms with Gasteiger partial charge in [-0.05, 0) is 49.2 Å². The van der Waals surface area contributed by atoms with Gasteiger partial charge < -0.3 is 10.1 Å². The van der Waals surface area contributed by atoms with Gasteiger partial charge >= 0.3 is 0 Å². The van der Waals surface area contributed by atoms with E-state index in [-0.39, 0.29) is 29.2 Å². The first kappa shape index (κ1) is 23.6. The number of hydrogen-bond donors (Lipinski definition) is 1. The van der Waals surface area contributed by atoms with Gasteiger partial charge in [-0.1, -0.05) is 30.3 Å². The number of carbonyl (C=O) groups is 2. The van der Waals surface area contributed by atoms with Gasteiger partial charge in [0.2, 0.25) is 10.0 Å². The highest BCUT2D eigenvalue weighted by Gasteiger charge is 2.30. The van der Waals surface area contributed by atoms with E-state index in [9.17, 15) is 18.0 Å². The molecule has 34 heavy (non-hydrogen) atoms. The Hall–Kier alpha value is -3.56. The maximum Gasteiger partial charge on any atom is 0.258 e. The van der Waals surface area contributed by atoms with E-state index in [0.717, 1.165) is 0 Å². The number of carbonyl (C=O) groups excluding carboxylic acids is 2. The fourth-order valence-electron chi connectivity index (χ4n) is 3.77. The number of piperidine rings is 1. The van der Waals surface area contributed by atoms with Crippen molar-refractivity contribution in [2.24, 2.45) is 0 Å². The van der Waals surface area contributed by atoms with Crippen molar-refractivity contribution in [3.05, 3.63) is 90.3 Å². The third kappa shape index (κ3) is 5.67. The van der Waals surface area contributed by atoms with Crippen molar-refractivity contribution in [3.63, 3.8) is 0 Å². The zero-order valence-electron chi connectivity index (χ0n) is 18.5. The largest absolute Gasteiger partial charge is 0.484 e. The molecule has 176 valence electrons. The smallest absolute Gasteiger partial charge is 0.258 e. The van der Waals surface area contributed by atoms with Crippen molar-refractivity contribution >= 4 is 21.7 Å². The SMILES string of the molecule is O=C(COc1ccc(C(=O)c2ccccc2)cc1)NC1CCN(S(=O)(=O)c2cccnc2)CC1. The molecule has 0 atom stereocenters. The predicted octanol–water partition coefficient (Wildman–Crippen LogP) is 2.66. The van der Waals surface area contributed by atoms with Crippen molar-refractivity contribution in [3.8, 4) is 5.75 Å². The molecule has 1 fully saturated rings. The molecular formula is C25H25N3O5S. The second kappa shape index (κ2) is 10.6. The third-order valence-corrected chi connectivity index (χ3v) is 7.50. The molecule has 1 aliphatic heterocycles. The first-order valence-corrected chi connectivity index (χ1v) is 12.4. The molecule has 0 aliphatic carbocycles. The molecule has 0 radical (unpaired) electrons. The van der Waals surface area contributed by atoms with Crippen LogP contribution in [0.3, 0.4) is 0 Å². The van der Waals surface area contributed by atoms with Crippen LogP contribution in [0.15, 0.2) is 84.0 Å². The van der Waals surface area contributed by atoms with Gasteiger partial charge in [-0.15, -0.1) is 0 Å². The van der Waals surface area contributed by atoms with Gasteiger partial charge in [0, 0.05) is 42.7 Å². The molecule has 1 aromatic heterocycles. The Morgan fingerprint density at radius 2 is 1.62 bits per heavy atom. The standard InChI is InChI=1S/C25H25N3O5S/c29-24(18-33-22-10-8-20(9-11-22)25(30)19-5-2-1-3-6-19)27-21-12-15-28(16-13-21)34(31,32)23-7-4-14-26-17-23/h1-11,14,17,21H,12-13,15-16,18H2,(H,27,29). The van der Waals surface area contributed by atoms with E-state index < -0.39 is 10.0 Å². The lowest BCUT2D eigenvalue weighted by Gasteiger charge is -2.31. The van der Waals surface area contributed by atoms with Gasteiger partial charge in [0.15, 0.2) is 12.4 Å². The summed E-state index contributed by atoms with van der Waals surface area (Å²) in [6, 6.07) is 18.6. The molecule has 1 aliphatic rings. The molecule has 0 saturated carbocycles. The summed E-state index contributed by atoms with van der Waals surface area (Å²) in [5.41, 5.74) is 1.14. The van der Waals surface area contributed by atoms with Crippen LogP contribution in [0, 0.1) is 0 Å². The van der Waals surface area contributed by atoms with E-state index in [4.69, 9.17) is 4.74 Å². The quantitative estimate of drug-likeness (QED) is 0.498. The Kier molecular flexibility index (Phi) is 7.34. The Labute approximate surface area is 198 Å². The van der Waals surface area contributed by atoms with Crippen LogP contribution in [0.2, 0.25) is 0 Å². The van der Waals surface area contributed by atoms with Crippen molar-refractivity contribution in [1.29, 1.82) is 0 Å². The fourth-order valence-corrected chi connectivity index (χ4v) is 5.20. The number of hydrogen-bond acceptors (Lipinski definition) is 6. The maximum absolute atomic E-state index is 12.7. The second-order valence-corrected chi connectivity index (χ2v) is 9.88. The van der Waals surface area contributed by atoms with Crippen molar-refractivity contribution in [1.82, 2.24) is 14.6 Å². The molecular weight excluding hydrogens is 454 g/mol. The minimum absolute atomic E-state index is 0.0817.